The third-order valence-electron chi connectivity index (χ3n) is 5.06. The van der Waals surface area contributed by atoms with Gasteiger partial charge in [0.2, 0.25) is 11.8 Å². The summed E-state index contributed by atoms with van der Waals surface area (Å²) < 4.78 is 43.4. The number of alkyl halides is 3. The summed E-state index contributed by atoms with van der Waals surface area (Å²) in [5.41, 5.74) is 2.17. The van der Waals surface area contributed by atoms with Crippen LogP contribution in [0.2, 0.25) is 0 Å². The van der Waals surface area contributed by atoms with Gasteiger partial charge in [-0.3, -0.25) is 9.88 Å². The van der Waals surface area contributed by atoms with E-state index in [1.807, 2.05) is 19.9 Å². The summed E-state index contributed by atoms with van der Waals surface area (Å²) in [7, 11) is 0. The third kappa shape index (κ3) is 5.54. The van der Waals surface area contributed by atoms with Crippen LogP contribution >= 0.6 is 0 Å². The van der Waals surface area contributed by atoms with Crippen LogP contribution in [0.3, 0.4) is 0 Å². The molecule has 2 fully saturated rings. The zero-order valence-electron chi connectivity index (χ0n) is 16.6. The van der Waals surface area contributed by atoms with Gasteiger partial charge in [-0.25, -0.2) is 4.79 Å². The Balaban J connectivity index is 0.000000318. The number of ether oxygens (including phenoxy) is 1. The van der Waals surface area contributed by atoms with Gasteiger partial charge in [-0.1, -0.05) is 6.07 Å². The van der Waals surface area contributed by atoms with Gasteiger partial charge >= 0.3 is 12.1 Å². The fraction of sp³-hybridized carbons (Fsp3) is 0.579. The summed E-state index contributed by atoms with van der Waals surface area (Å²) >= 11 is 0. The van der Waals surface area contributed by atoms with Crippen LogP contribution in [-0.4, -0.2) is 62.6 Å². The van der Waals surface area contributed by atoms with Crippen LogP contribution in [0.25, 0.3) is 0 Å². The maximum atomic E-state index is 10.6. The summed E-state index contributed by atoms with van der Waals surface area (Å²) in [5.74, 6) is -1.16. The monoisotopic (exact) mass is 428 g/mol. The molecule has 3 atom stereocenters. The Bertz CT molecular complexity index is 873. The molecule has 0 aromatic carbocycles. The number of halogens is 3. The van der Waals surface area contributed by atoms with Crippen LogP contribution in [0.1, 0.15) is 41.9 Å². The zero-order chi connectivity index (χ0) is 21.9. The average Bonchev–Trinajstić information content (AvgIpc) is 3.30. The number of aryl methyl sites for hydroxylation is 2. The van der Waals surface area contributed by atoms with E-state index in [2.05, 4.69) is 32.2 Å². The van der Waals surface area contributed by atoms with Crippen molar-refractivity contribution >= 4 is 5.97 Å². The van der Waals surface area contributed by atoms with Crippen LogP contribution in [0, 0.1) is 13.8 Å². The van der Waals surface area contributed by atoms with E-state index in [9.17, 15) is 13.2 Å². The molecule has 4 heterocycles. The highest BCUT2D eigenvalue weighted by Crippen LogP contribution is 2.36. The van der Waals surface area contributed by atoms with E-state index in [1.54, 1.807) is 0 Å². The lowest BCUT2D eigenvalue weighted by atomic mass is 9.89. The van der Waals surface area contributed by atoms with Gasteiger partial charge in [-0.15, -0.1) is 10.2 Å². The van der Waals surface area contributed by atoms with Crippen molar-refractivity contribution in [2.24, 2.45) is 0 Å². The number of hydrogen-bond donors (Lipinski definition) is 1. The molecule has 0 aliphatic carbocycles. The number of nitrogens with zero attached hydrogens (tertiary/aromatic N) is 4. The first-order valence-electron chi connectivity index (χ1n) is 9.51. The fourth-order valence-electron chi connectivity index (χ4n) is 3.79. The van der Waals surface area contributed by atoms with E-state index in [1.165, 1.54) is 0 Å². The lowest BCUT2D eigenvalue weighted by Crippen LogP contribution is -2.48. The number of carboxylic acids is 1. The van der Waals surface area contributed by atoms with Gasteiger partial charge in [0.05, 0.1) is 17.7 Å². The van der Waals surface area contributed by atoms with Gasteiger partial charge in [-0.2, -0.15) is 13.2 Å². The molecule has 2 aliphatic heterocycles. The second kappa shape index (κ2) is 9.09. The molecule has 2 aromatic rings. The highest BCUT2D eigenvalue weighted by molar-refractivity contribution is 5.73. The van der Waals surface area contributed by atoms with E-state index in [4.69, 9.17) is 19.1 Å². The highest BCUT2D eigenvalue weighted by atomic mass is 19.4. The summed E-state index contributed by atoms with van der Waals surface area (Å²) in [6, 6.07) is 6.67. The van der Waals surface area contributed by atoms with E-state index in [0.29, 0.717) is 11.9 Å². The molecule has 0 radical (unpaired) electrons. The predicted octanol–water partition coefficient (Wildman–Crippen LogP) is 2.86. The van der Waals surface area contributed by atoms with Gasteiger partial charge in [0.1, 0.15) is 0 Å². The van der Waals surface area contributed by atoms with Crippen LogP contribution in [0.5, 0.6) is 0 Å². The van der Waals surface area contributed by atoms with Crippen LogP contribution in [0.4, 0.5) is 13.2 Å². The Kier molecular flexibility index (Phi) is 6.71. The van der Waals surface area contributed by atoms with Crippen LogP contribution < -0.4 is 0 Å². The van der Waals surface area contributed by atoms with E-state index in [0.717, 1.165) is 49.8 Å². The molecule has 0 unspecified atom stereocenters. The predicted molar refractivity (Wildman–Crippen MR) is 97.6 cm³/mol. The number of aromatic nitrogens is 3. The molecule has 2 aliphatic rings. The van der Waals surface area contributed by atoms with E-state index < -0.39 is 12.1 Å². The number of pyridine rings is 1. The topological polar surface area (TPSA) is 102 Å². The lowest BCUT2D eigenvalue weighted by Gasteiger charge is -2.39. The highest BCUT2D eigenvalue weighted by Gasteiger charge is 2.42. The summed E-state index contributed by atoms with van der Waals surface area (Å²) in [4.78, 5) is 16.0. The molecule has 164 valence electrons. The molecule has 0 amide bonds. The molecule has 30 heavy (non-hydrogen) atoms. The number of fused-ring (bicyclic) bond motifs is 1. The minimum Gasteiger partial charge on any atom is -0.475 e. The van der Waals surface area contributed by atoms with Crippen molar-refractivity contribution in [1.82, 2.24) is 20.1 Å². The Morgan fingerprint density at radius 2 is 2.03 bits per heavy atom. The third-order valence-corrected chi connectivity index (χ3v) is 5.06. The molecule has 2 saturated heterocycles. The second-order valence-electron chi connectivity index (χ2n) is 7.36. The molecule has 0 spiro atoms. The van der Waals surface area contributed by atoms with Crippen LogP contribution in [0.15, 0.2) is 22.6 Å². The van der Waals surface area contributed by atoms with Gasteiger partial charge in [0, 0.05) is 38.4 Å². The van der Waals surface area contributed by atoms with Crippen molar-refractivity contribution in [3.8, 4) is 0 Å². The standard InChI is InChI=1S/C17H22N4O2.C2HF3O2/c1-11-4-3-5-14(18-11)10-21-9-13(17-20-19-12(2)23-17)8-16-15(21)6-7-22-16;3-2(4,5)1(6)7/h3-5,13,15-16H,6-10H2,1-2H3;(H,6,7)/t13-,15+,16+;/m0./s1. The number of hydrogen-bond acceptors (Lipinski definition) is 7. The number of carbonyl (C=O) groups is 1. The fourth-order valence-corrected chi connectivity index (χ4v) is 3.79. The van der Waals surface area contributed by atoms with E-state index >= 15 is 0 Å². The van der Waals surface area contributed by atoms with Crippen LogP contribution in [-0.2, 0) is 16.1 Å². The zero-order valence-corrected chi connectivity index (χ0v) is 16.6. The lowest BCUT2D eigenvalue weighted by molar-refractivity contribution is -0.192. The molecule has 8 nitrogen and oxygen atoms in total. The first-order chi connectivity index (χ1) is 14.1. The molecule has 0 bridgehead atoms. The van der Waals surface area contributed by atoms with Gasteiger partial charge in [0.25, 0.3) is 0 Å². The van der Waals surface area contributed by atoms with Crippen molar-refractivity contribution < 1.29 is 32.2 Å². The minimum atomic E-state index is -5.08. The maximum absolute atomic E-state index is 10.6. The minimum absolute atomic E-state index is 0.236. The number of aliphatic carboxylic acids is 1. The molecule has 0 saturated carbocycles. The molecule has 4 rings (SSSR count). The van der Waals surface area contributed by atoms with Gasteiger partial charge in [-0.05, 0) is 31.9 Å². The van der Waals surface area contributed by atoms with Crippen molar-refractivity contribution in [2.45, 2.75) is 57.5 Å². The number of piperidine rings is 1. The number of rotatable bonds is 3. The second-order valence-corrected chi connectivity index (χ2v) is 7.36. The SMILES string of the molecule is Cc1cccc(CN2C[C@@H](c3nnc(C)o3)C[C@H]3OCC[C@H]32)n1.O=C(O)C(F)(F)F. The summed E-state index contributed by atoms with van der Waals surface area (Å²) in [5, 5.41) is 15.3. The summed E-state index contributed by atoms with van der Waals surface area (Å²) in [6.45, 7) is 6.47. The molecule has 1 N–H and O–H groups in total. The number of carboxylic acid groups (broad SMARTS) is 1. The van der Waals surface area contributed by atoms with E-state index in [-0.39, 0.29) is 12.0 Å². The van der Waals surface area contributed by atoms with Crippen molar-refractivity contribution in [2.75, 3.05) is 13.2 Å². The van der Waals surface area contributed by atoms with Gasteiger partial charge in [0.15, 0.2) is 0 Å². The molecule has 11 heteroatoms. The maximum Gasteiger partial charge on any atom is 0.490 e. The van der Waals surface area contributed by atoms with Crippen molar-refractivity contribution in [3.63, 3.8) is 0 Å². The number of likely N-dealkylation sites (tertiary alicyclic amines) is 1. The largest absolute Gasteiger partial charge is 0.490 e. The molecule has 2 aromatic heterocycles. The molecular weight excluding hydrogens is 405 g/mol. The Hall–Kier alpha value is -2.53. The first kappa shape index (κ1) is 22.2. The average molecular weight is 428 g/mol. The quantitative estimate of drug-likeness (QED) is 0.796. The first-order valence-corrected chi connectivity index (χ1v) is 9.51. The Labute approximate surface area is 171 Å². The Morgan fingerprint density at radius 1 is 1.30 bits per heavy atom. The van der Waals surface area contributed by atoms with Crippen molar-refractivity contribution in [3.05, 3.63) is 41.4 Å². The smallest absolute Gasteiger partial charge is 0.475 e. The normalized spacial score (nSPS) is 24.1. The Morgan fingerprint density at radius 3 is 2.63 bits per heavy atom. The van der Waals surface area contributed by atoms with Gasteiger partial charge < -0.3 is 14.3 Å². The summed E-state index contributed by atoms with van der Waals surface area (Å²) in [6.07, 6.45) is -2.78. The van der Waals surface area contributed by atoms with Crippen molar-refractivity contribution in [1.29, 1.82) is 0 Å². The molecular formula is C19H23F3N4O4.